The minimum absolute atomic E-state index is 0.627. The third-order valence-electron chi connectivity index (χ3n) is 2.14. The first kappa shape index (κ1) is 13.0. The first-order chi connectivity index (χ1) is 6.91. The first-order valence-corrected chi connectivity index (χ1v) is 5.36. The lowest BCUT2D eigenvalue weighted by Gasteiger charge is -1.98. The van der Waals surface area contributed by atoms with Crippen molar-refractivity contribution in [3.05, 3.63) is 10.4 Å². The van der Waals surface area contributed by atoms with Crippen molar-refractivity contribution in [1.82, 2.24) is 0 Å². The van der Waals surface area contributed by atoms with Gasteiger partial charge in [0.25, 0.3) is 0 Å². The van der Waals surface area contributed by atoms with Crippen molar-refractivity contribution in [1.29, 1.82) is 0 Å². The van der Waals surface area contributed by atoms with Gasteiger partial charge in [0.15, 0.2) is 0 Å². The van der Waals surface area contributed by atoms with Gasteiger partial charge in [-0.15, -0.1) is 0 Å². The van der Waals surface area contributed by atoms with Crippen LogP contribution in [0.25, 0.3) is 10.4 Å². The van der Waals surface area contributed by atoms with Gasteiger partial charge in [-0.3, -0.25) is 0 Å². The molecule has 0 radical (unpaired) electrons. The van der Waals surface area contributed by atoms with Crippen LogP contribution < -0.4 is 0 Å². The van der Waals surface area contributed by atoms with Crippen LogP contribution in [0.1, 0.15) is 51.4 Å². The van der Waals surface area contributed by atoms with Gasteiger partial charge < -0.3 is 4.79 Å². The number of hydrogen-bond acceptors (Lipinski definition) is 2. The molecule has 0 rings (SSSR count). The maximum absolute atomic E-state index is 10.0. The minimum atomic E-state index is 0.627. The van der Waals surface area contributed by atoms with Crippen molar-refractivity contribution in [3.63, 3.8) is 0 Å². The molecule has 4 nitrogen and oxygen atoms in total. The van der Waals surface area contributed by atoms with Gasteiger partial charge in [-0.05, 0) is 18.4 Å². The topological polar surface area (TPSA) is 65.8 Å². The zero-order valence-corrected chi connectivity index (χ0v) is 8.69. The van der Waals surface area contributed by atoms with E-state index in [-0.39, 0.29) is 0 Å². The zero-order valence-electron chi connectivity index (χ0n) is 8.69. The summed E-state index contributed by atoms with van der Waals surface area (Å²) in [6.45, 7) is 0.627. The highest BCUT2D eigenvalue weighted by Gasteiger charge is 1.90. The van der Waals surface area contributed by atoms with Crippen LogP contribution in [-0.2, 0) is 4.79 Å². The predicted octanol–water partition coefficient (Wildman–Crippen LogP) is 3.62. The first-order valence-electron chi connectivity index (χ1n) is 5.36. The van der Waals surface area contributed by atoms with Crippen LogP contribution in [0, 0.1) is 0 Å². The van der Waals surface area contributed by atoms with Gasteiger partial charge >= 0.3 is 0 Å². The van der Waals surface area contributed by atoms with Crippen LogP contribution in [0.3, 0.4) is 0 Å². The highest BCUT2D eigenvalue weighted by Crippen LogP contribution is 2.07. The van der Waals surface area contributed by atoms with Crippen molar-refractivity contribution in [2.24, 2.45) is 5.11 Å². The van der Waals surface area contributed by atoms with Crippen molar-refractivity contribution < 1.29 is 4.79 Å². The zero-order chi connectivity index (χ0) is 10.5. The number of rotatable bonds is 10. The summed E-state index contributed by atoms with van der Waals surface area (Å²) < 4.78 is 0. The number of carbonyl (C=O) groups is 1. The van der Waals surface area contributed by atoms with E-state index in [0.29, 0.717) is 13.0 Å². The van der Waals surface area contributed by atoms with Gasteiger partial charge in [-0.1, -0.05) is 37.2 Å². The van der Waals surface area contributed by atoms with E-state index in [9.17, 15) is 4.79 Å². The molecule has 0 unspecified atom stereocenters. The summed E-state index contributed by atoms with van der Waals surface area (Å²) in [4.78, 5) is 12.7. The van der Waals surface area contributed by atoms with E-state index in [4.69, 9.17) is 5.53 Å². The Labute approximate surface area is 85.3 Å². The summed E-state index contributed by atoms with van der Waals surface area (Å²) in [6.07, 6.45) is 9.69. The molecule has 0 N–H and O–H groups in total. The molecule has 0 aliphatic rings. The van der Waals surface area contributed by atoms with Crippen molar-refractivity contribution in [3.8, 4) is 0 Å². The monoisotopic (exact) mass is 197 g/mol. The second-order valence-electron chi connectivity index (χ2n) is 3.38. The summed E-state index contributed by atoms with van der Waals surface area (Å²) in [5, 5.41) is 3.47. The number of nitrogens with zero attached hydrogens (tertiary/aromatic N) is 3. The maximum Gasteiger partial charge on any atom is 0.119 e. The summed E-state index contributed by atoms with van der Waals surface area (Å²) in [7, 11) is 0. The van der Waals surface area contributed by atoms with E-state index >= 15 is 0 Å². The second-order valence-corrected chi connectivity index (χ2v) is 3.38. The Hall–Kier alpha value is -1.02. The summed E-state index contributed by atoms with van der Waals surface area (Å²) >= 11 is 0. The Kier molecular flexibility index (Phi) is 11.1. The predicted molar refractivity (Wildman–Crippen MR) is 57.0 cm³/mol. The molecule has 0 spiro atoms. The molecule has 0 amide bonds. The molecule has 14 heavy (non-hydrogen) atoms. The number of aldehydes is 1. The van der Waals surface area contributed by atoms with E-state index < -0.39 is 0 Å². The van der Waals surface area contributed by atoms with E-state index in [0.717, 1.165) is 32.0 Å². The average Bonchev–Trinajstić information content (AvgIpc) is 2.21. The van der Waals surface area contributed by atoms with Crippen LogP contribution >= 0.6 is 0 Å². The van der Waals surface area contributed by atoms with Crippen molar-refractivity contribution in [2.75, 3.05) is 6.54 Å². The molecular formula is C10H19N3O. The third kappa shape index (κ3) is 11.0. The molecule has 0 aromatic carbocycles. The molecule has 0 bridgehead atoms. The molecule has 4 heteroatoms. The van der Waals surface area contributed by atoms with E-state index in [1.165, 1.54) is 19.3 Å². The molecule has 0 saturated carbocycles. The fraction of sp³-hybridized carbons (Fsp3) is 0.900. The molecule has 0 fully saturated rings. The lowest BCUT2D eigenvalue weighted by atomic mass is 10.1. The highest BCUT2D eigenvalue weighted by molar-refractivity contribution is 5.48. The van der Waals surface area contributed by atoms with Gasteiger partial charge in [0, 0.05) is 17.9 Å². The van der Waals surface area contributed by atoms with Gasteiger partial charge in [-0.25, -0.2) is 0 Å². The van der Waals surface area contributed by atoms with Gasteiger partial charge in [0.1, 0.15) is 6.29 Å². The Morgan fingerprint density at radius 3 is 2.14 bits per heavy atom. The van der Waals surface area contributed by atoms with Gasteiger partial charge in [-0.2, -0.15) is 0 Å². The number of carbonyl (C=O) groups excluding carboxylic acids is 1. The van der Waals surface area contributed by atoms with E-state index in [1.807, 2.05) is 0 Å². The normalized spacial score (nSPS) is 9.43. The molecule has 0 atom stereocenters. The molecule has 0 aromatic rings. The Bertz CT molecular complexity index is 176. The molecule has 0 aliphatic heterocycles. The third-order valence-corrected chi connectivity index (χ3v) is 2.14. The SMILES string of the molecule is [N-]=[N+]=NCCCCCCCCCC=O. The van der Waals surface area contributed by atoms with Gasteiger partial charge in [0.2, 0.25) is 0 Å². The maximum atomic E-state index is 10.0. The quantitative estimate of drug-likeness (QED) is 0.173. The largest absolute Gasteiger partial charge is 0.303 e. The second kappa shape index (κ2) is 12.0. The number of hydrogen-bond donors (Lipinski definition) is 0. The Balaban J connectivity index is 2.91. The number of azide groups is 1. The summed E-state index contributed by atoms with van der Waals surface area (Å²) in [5.74, 6) is 0. The molecule has 80 valence electrons. The van der Waals surface area contributed by atoms with E-state index in [2.05, 4.69) is 10.0 Å². The Morgan fingerprint density at radius 2 is 1.57 bits per heavy atom. The Morgan fingerprint density at radius 1 is 1.00 bits per heavy atom. The lowest BCUT2D eigenvalue weighted by Crippen LogP contribution is -1.83. The summed E-state index contributed by atoms with van der Waals surface area (Å²) in [6, 6.07) is 0. The molecule has 0 saturated heterocycles. The van der Waals surface area contributed by atoms with Crippen LogP contribution in [0.2, 0.25) is 0 Å². The van der Waals surface area contributed by atoms with Crippen molar-refractivity contribution in [2.45, 2.75) is 51.4 Å². The highest BCUT2D eigenvalue weighted by atomic mass is 16.1. The molecule has 0 aromatic heterocycles. The lowest BCUT2D eigenvalue weighted by molar-refractivity contribution is -0.107. The van der Waals surface area contributed by atoms with Crippen LogP contribution in [0.15, 0.2) is 5.11 Å². The van der Waals surface area contributed by atoms with Crippen LogP contribution in [0.4, 0.5) is 0 Å². The average molecular weight is 197 g/mol. The fourth-order valence-electron chi connectivity index (χ4n) is 1.34. The smallest absolute Gasteiger partial charge is 0.119 e. The van der Waals surface area contributed by atoms with Gasteiger partial charge in [0.05, 0.1) is 0 Å². The molecular weight excluding hydrogens is 178 g/mol. The standard InChI is InChI=1S/C10H19N3O/c11-13-12-9-7-5-3-1-2-4-6-8-10-14/h10H,1-9H2. The number of unbranched alkanes of at least 4 members (excludes halogenated alkanes) is 7. The van der Waals surface area contributed by atoms with E-state index in [1.54, 1.807) is 0 Å². The molecule has 0 aliphatic carbocycles. The fourth-order valence-corrected chi connectivity index (χ4v) is 1.34. The van der Waals surface area contributed by atoms with Crippen LogP contribution in [-0.4, -0.2) is 12.8 Å². The minimum Gasteiger partial charge on any atom is -0.303 e. The van der Waals surface area contributed by atoms with Crippen molar-refractivity contribution >= 4 is 6.29 Å². The molecule has 0 heterocycles. The van der Waals surface area contributed by atoms with Crippen LogP contribution in [0.5, 0.6) is 0 Å². The summed E-state index contributed by atoms with van der Waals surface area (Å²) in [5.41, 5.74) is 8.02.